The molecule has 2 aromatic heterocycles. The van der Waals surface area contributed by atoms with E-state index in [0.29, 0.717) is 10.0 Å². The second kappa shape index (κ2) is 7.36. The molecule has 1 N–H and O–H groups in total. The molecule has 0 unspecified atom stereocenters. The van der Waals surface area contributed by atoms with Gasteiger partial charge in [0, 0.05) is 22.5 Å². The van der Waals surface area contributed by atoms with E-state index in [2.05, 4.69) is 17.4 Å². The van der Waals surface area contributed by atoms with Crippen LogP contribution in [0.1, 0.15) is 29.8 Å². The smallest absolute Gasteiger partial charge is 0.165 e. The molecule has 0 atom stereocenters. The van der Waals surface area contributed by atoms with Crippen LogP contribution in [0.2, 0.25) is 10.0 Å². The standard InChI is InChI=1S/C23H20Cl2N4/c1-14-21(15-7-3-2-4-8-15)23-27-20-10-6-5-9-17(20)22(29(23)28-14)26-16-11-12-18(24)19(25)13-16/h2-4,7-8,11-13,26H,5-6,9-10H2,1H3. The van der Waals surface area contributed by atoms with Gasteiger partial charge in [-0.3, -0.25) is 0 Å². The Morgan fingerprint density at radius 1 is 0.966 bits per heavy atom. The van der Waals surface area contributed by atoms with Crippen LogP contribution >= 0.6 is 23.2 Å². The summed E-state index contributed by atoms with van der Waals surface area (Å²) in [5.74, 6) is 0.966. The molecular weight excluding hydrogens is 403 g/mol. The zero-order valence-corrected chi connectivity index (χ0v) is 17.6. The first-order chi connectivity index (χ1) is 14.1. The third-order valence-corrected chi connectivity index (χ3v) is 6.20. The second-order valence-electron chi connectivity index (χ2n) is 7.41. The first-order valence-electron chi connectivity index (χ1n) is 9.80. The molecule has 1 aliphatic rings. The molecule has 0 radical (unpaired) electrons. The van der Waals surface area contributed by atoms with E-state index in [1.54, 1.807) is 6.07 Å². The quantitative estimate of drug-likeness (QED) is 0.402. The van der Waals surface area contributed by atoms with E-state index in [-0.39, 0.29) is 0 Å². The minimum absolute atomic E-state index is 0.525. The zero-order valence-electron chi connectivity index (χ0n) is 16.0. The van der Waals surface area contributed by atoms with Gasteiger partial charge >= 0.3 is 0 Å². The van der Waals surface area contributed by atoms with Gasteiger partial charge in [-0.2, -0.15) is 9.61 Å². The average molecular weight is 423 g/mol. The molecule has 5 rings (SSSR count). The SMILES string of the molecule is Cc1nn2c(Nc3ccc(Cl)c(Cl)c3)c3c(nc2c1-c1ccccc1)CCCC3. The van der Waals surface area contributed by atoms with Crippen molar-refractivity contribution in [3.05, 3.63) is 75.5 Å². The van der Waals surface area contributed by atoms with E-state index >= 15 is 0 Å². The fourth-order valence-corrected chi connectivity index (χ4v) is 4.38. The first kappa shape index (κ1) is 18.5. The lowest BCUT2D eigenvalue weighted by atomic mass is 9.96. The molecule has 29 heavy (non-hydrogen) atoms. The fourth-order valence-electron chi connectivity index (χ4n) is 4.08. The maximum absolute atomic E-state index is 6.24. The lowest BCUT2D eigenvalue weighted by Crippen LogP contribution is -2.13. The second-order valence-corrected chi connectivity index (χ2v) is 8.22. The van der Waals surface area contributed by atoms with Crippen LogP contribution in [-0.2, 0) is 12.8 Å². The molecule has 146 valence electrons. The van der Waals surface area contributed by atoms with Crippen molar-refractivity contribution >= 4 is 40.4 Å². The van der Waals surface area contributed by atoms with Gasteiger partial charge in [-0.05, 0) is 56.4 Å². The van der Waals surface area contributed by atoms with Crippen LogP contribution in [0.25, 0.3) is 16.8 Å². The number of benzene rings is 2. The monoisotopic (exact) mass is 422 g/mol. The number of nitrogens with one attached hydrogen (secondary N) is 1. The van der Waals surface area contributed by atoms with Crippen LogP contribution in [0.3, 0.4) is 0 Å². The minimum atomic E-state index is 0.525. The molecule has 1 aliphatic carbocycles. The molecule has 0 saturated carbocycles. The summed E-state index contributed by atoms with van der Waals surface area (Å²) in [6.45, 7) is 2.04. The molecular formula is C23H20Cl2N4. The number of aryl methyl sites for hydroxylation is 2. The highest BCUT2D eigenvalue weighted by Crippen LogP contribution is 2.35. The molecule has 2 heterocycles. The van der Waals surface area contributed by atoms with Gasteiger partial charge in [0.15, 0.2) is 5.65 Å². The fraction of sp³-hybridized carbons (Fsp3) is 0.217. The Bertz CT molecular complexity index is 1220. The number of hydrogen-bond acceptors (Lipinski definition) is 3. The van der Waals surface area contributed by atoms with Crippen molar-refractivity contribution < 1.29 is 0 Å². The number of aromatic nitrogens is 3. The Morgan fingerprint density at radius 3 is 2.55 bits per heavy atom. The number of halogens is 2. The molecule has 2 aromatic carbocycles. The van der Waals surface area contributed by atoms with Crippen LogP contribution in [0.5, 0.6) is 0 Å². The van der Waals surface area contributed by atoms with Gasteiger partial charge < -0.3 is 5.32 Å². The summed E-state index contributed by atoms with van der Waals surface area (Å²) in [6.07, 6.45) is 4.29. The van der Waals surface area contributed by atoms with Crippen molar-refractivity contribution in [2.45, 2.75) is 32.6 Å². The first-order valence-corrected chi connectivity index (χ1v) is 10.6. The van der Waals surface area contributed by atoms with Crippen LogP contribution in [0.15, 0.2) is 48.5 Å². The summed E-state index contributed by atoms with van der Waals surface area (Å²) in [5, 5.41) is 9.49. The molecule has 0 fully saturated rings. The third kappa shape index (κ3) is 3.26. The summed E-state index contributed by atoms with van der Waals surface area (Å²) in [4.78, 5) is 5.06. The van der Waals surface area contributed by atoms with Gasteiger partial charge in [-0.15, -0.1) is 0 Å². The molecule has 0 aliphatic heterocycles. The maximum atomic E-state index is 6.24. The molecule has 0 bridgehead atoms. The summed E-state index contributed by atoms with van der Waals surface area (Å²) < 4.78 is 1.95. The van der Waals surface area contributed by atoms with Crippen LogP contribution in [-0.4, -0.2) is 14.6 Å². The highest BCUT2D eigenvalue weighted by atomic mass is 35.5. The van der Waals surface area contributed by atoms with E-state index in [4.69, 9.17) is 33.3 Å². The van der Waals surface area contributed by atoms with Gasteiger partial charge in [0.05, 0.1) is 15.7 Å². The molecule has 6 heteroatoms. The van der Waals surface area contributed by atoms with Gasteiger partial charge in [-0.1, -0.05) is 53.5 Å². The zero-order chi connectivity index (χ0) is 20.0. The molecule has 0 saturated heterocycles. The Hall–Kier alpha value is -2.56. The highest BCUT2D eigenvalue weighted by Gasteiger charge is 2.23. The summed E-state index contributed by atoms with van der Waals surface area (Å²) in [5.41, 5.74) is 7.33. The van der Waals surface area contributed by atoms with Crippen molar-refractivity contribution in [3.8, 4) is 11.1 Å². The van der Waals surface area contributed by atoms with E-state index in [1.807, 2.05) is 41.8 Å². The molecule has 0 amide bonds. The highest BCUT2D eigenvalue weighted by molar-refractivity contribution is 6.42. The summed E-state index contributed by atoms with van der Waals surface area (Å²) in [6, 6.07) is 15.9. The Morgan fingerprint density at radius 2 is 1.76 bits per heavy atom. The Balaban J connectivity index is 1.74. The van der Waals surface area contributed by atoms with E-state index in [0.717, 1.165) is 65.4 Å². The van der Waals surface area contributed by atoms with E-state index < -0.39 is 0 Å². The van der Waals surface area contributed by atoms with E-state index in [9.17, 15) is 0 Å². The number of fused-ring (bicyclic) bond motifs is 2. The van der Waals surface area contributed by atoms with Gasteiger partial charge in [0.25, 0.3) is 0 Å². The Labute approximate surface area is 179 Å². The third-order valence-electron chi connectivity index (χ3n) is 5.46. The van der Waals surface area contributed by atoms with Crippen molar-refractivity contribution in [1.82, 2.24) is 14.6 Å². The number of hydrogen-bond donors (Lipinski definition) is 1. The van der Waals surface area contributed by atoms with Crippen LogP contribution < -0.4 is 5.32 Å². The predicted octanol–water partition coefficient (Wildman–Crippen LogP) is 6.63. The Kier molecular flexibility index (Phi) is 4.69. The topological polar surface area (TPSA) is 42.2 Å². The molecule has 4 nitrogen and oxygen atoms in total. The normalized spacial score (nSPS) is 13.5. The number of anilines is 2. The molecule has 4 aromatic rings. The molecule has 0 spiro atoms. The summed E-state index contributed by atoms with van der Waals surface area (Å²) >= 11 is 12.3. The van der Waals surface area contributed by atoms with Crippen LogP contribution in [0.4, 0.5) is 11.5 Å². The average Bonchev–Trinajstić information content (AvgIpc) is 3.07. The number of nitrogens with zero attached hydrogens (tertiary/aromatic N) is 3. The van der Waals surface area contributed by atoms with Crippen LogP contribution in [0, 0.1) is 6.92 Å². The largest absolute Gasteiger partial charge is 0.340 e. The van der Waals surface area contributed by atoms with Gasteiger partial charge in [-0.25, -0.2) is 4.98 Å². The summed E-state index contributed by atoms with van der Waals surface area (Å²) in [7, 11) is 0. The lowest BCUT2D eigenvalue weighted by Gasteiger charge is -2.21. The van der Waals surface area contributed by atoms with Crippen molar-refractivity contribution in [3.63, 3.8) is 0 Å². The minimum Gasteiger partial charge on any atom is -0.340 e. The van der Waals surface area contributed by atoms with Gasteiger partial charge in [0.2, 0.25) is 0 Å². The maximum Gasteiger partial charge on any atom is 0.165 e. The van der Waals surface area contributed by atoms with E-state index in [1.165, 1.54) is 5.56 Å². The van der Waals surface area contributed by atoms with Crippen molar-refractivity contribution in [1.29, 1.82) is 0 Å². The van der Waals surface area contributed by atoms with Crippen molar-refractivity contribution in [2.24, 2.45) is 0 Å². The predicted molar refractivity (Wildman–Crippen MR) is 120 cm³/mol. The van der Waals surface area contributed by atoms with Crippen molar-refractivity contribution in [2.75, 3.05) is 5.32 Å². The number of rotatable bonds is 3. The van der Waals surface area contributed by atoms with Gasteiger partial charge in [0.1, 0.15) is 5.82 Å². The lowest BCUT2D eigenvalue weighted by molar-refractivity contribution is 0.662.